The van der Waals surface area contributed by atoms with Crippen molar-refractivity contribution >= 4 is 11.7 Å². The molecule has 1 aliphatic rings. The SMILES string of the molecule is CCO[C@H](CC)CNC(=O)N1CCCN(c2ccccc2)CC1. The molecular formula is C18H29N3O2. The fourth-order valence-corrected chi connectivity index (χ4v) is 2.89. The number of benzene rings is 1. The van der Waals surface area contributed by atoms with E-state index in [0.29, 0.717) is 13.2 Å². The van der Waals surface area contributed by atoms with Gasteiger partial charge in [-0.2, -0.15) is 0 Å². The summed E-state index contributed by atoms with van der Waals surface area (Å²) in [5.41, 5.74) is 1.23. The molecule has 23 heavy (non-hydrogen) atoms. The second-order valence-corrected chi connectivity index (χ2v) is 5.83. The Morgan fingerprint density at radius 2 is 1.96 bits per heavy atom. The molecule has 0 radical (unpaired) electrons. The number of carbonyl (C=O) groups excluding carboxylic acids is 1. The number of nitrogens with zero attached hydrogens (tertiary/aromatic N) is 2. The summed E-state index contributed by atoms with van der Waals surface area (Å²) in [6.45, 7) is 8.76. The molecule has 1 aromatic carbocycles. The zero-order valence-electron chi connectivity index (χ0n) is 14.3. The Balaban J connectivity index is 1.81. The van der Waals surface area contributed by atoms with Crippen LogP contribution in [0.5, 0.6) is 0 Å². The van der Waals surface area contributed by atoms with Crippen molar-refractivity contribution in [3.63, 3.8) is 0 Å². The molecule has 0 bridgehead atoms. The Kier molecular flexibility index (Phi) is 7.20. The molecule has 1 heterocycles. The van der Waals surface area contributed by atoms with Crippen LogP contribution in [0.25, 0.3) is 0 Å². The maximum Gasteiger partial charge on any atom is 0.317 e. The van der Waals surface area contributed by atoms with E-state index < -0.39 is 0 Å². The molecule has 1 aliphatic heterocycles. The average Bonchev–Trinajstić information content (AvgIpc) is 2.85. The van der Waals surface area contributed by atoms with Crippen LogP contribution in [0.3, 0.4) is 0 Å². The molecule has 1 saturated heterocycles. The van der Waals surface area contributed by atoms with Crippen molar-refractivity contribution in [3.05, 3.63) is 30.3 Å². The number of hydrogen-bond donors (Lipinski definition) is 1. The Bertz CT molecular complexity index is 467. The average molecular weight is 319 g/mol. The molecule has 5 nitrogen and oxygen atoms in total. The van der Waals surface area contributed by atoms with Crippen molar-refractivity contribution in [2.75, 3.05) is 44.2 Å². The van der Waals surface area contributed by atoms with Gasteiger partial charge in [-0.15, -0.1) is 0 Å². The molecule has 1 aromatic rings. The summed E-state index contributed by atoms with van der Waals surface area (Å²) in [4.78, 5) is 16.6. The van der Waals surface area contributed by atoms with E-state index in [1.807, 2.05) is 17.9 Å². The first-order valence-electron chi connectivity index (χ1n) is 8.69. The minimum atomic E-state index is 0.0260. The lowest BCUT2D eigenvalue weighted by Crippen LogP contribution is -2.44. The van der Waals surface area contributed by atoms with Gasteiger partial charge in [-0.1, -0.05) is 25.1 Å². The van der Waals surface area contributed by atoms with Gasteiger partial charge >= 0.3 is 6.03 Å². The molecule has 0 unspecified atom stereocenters. The Morgan fingerprint density at radius 1 is 1.17 bits per heavy atom. The van der Waals surface area contributed by atoms with Gasteiger partial charge in [-0.05, 0) is 31.9 Å². The summed E-state index contributed by atoms with van der Waals surface area (Å²) in [6.07, 6.45) is 2.01. The first-order chi connectivity index (χ1) is 11.2. The first-order valence-corrected chi connectivity index (χ1v) is 8.69. The second-order valence-electron chi connectivity index (χ2n) is 5.83. The predicted octanol–water partition coefficient (Wildman–Crippen LogP) is 2.72. The number of para-hydroxylation sites is 1. The van der Waals surface area contributed by atoms with Crippen LogP contribution in [-0.4, -0.2) is 56.4 Å². The summed E-state index contributed by atoms with van der Waals surface area (Å²) in [5.74, 6) is 0. The molecule has 1 atom stereocenters. The Hall–Kier alpha value is -1.75. The predicted molar refractivity (Wildman–Crippen MR) is 93.9 cm³/mol. The van der Waals surface area contributed by atoms with Gasteiger partial charge < -0.3 is 19.9 Å². The van der Waals surface area contributed by atoms with Gasteiger partial charge in [0.15, 0.2) is 0 Å². The van der Waals surface area contributed by atoms with Gasteiger partial charge in [0.2, 0.25) is 0 Å². The van der Waals surface area contributed by atoms with Gasteiger partial charge in [0.05, 0.1) is 6.10 Å². The standard InChI is InChI=1S/C18H29N3O2/c1-3-17(23-4-2)15-19-18(22)21-12-8-11-20(13-14-21)16-9-6-5-7-10-16/h5-7,9-10,17H,3-4,8,11-15H2,1-2H3,(H,19,22)/t17-/m1/s1. The molecule has 2 amide bonds. The zero-order valence-corrected chi connectivity index (χ0v) is 14.3. The zero-order chi connectivity index (χ0) is 16.5. The summed E-state index contributed by atoms with van der Waals surface area (Å²) in [7, 11) is 0. The summed E-state index contributed by atoms with van der Waals surface area (Å²) in [6, 6.07) is 10.4. The topological polar surface area (TPSA) is 44.8 Å². The van der Waals surface area contributed by atoms with E-state index in [9.17, 15) is 4.79 Å². The van der Waals surface area contributed by atoms with Crippen molar-refractivity contribution in [1.82, 2.24) is 10.2 Å². The van der Waals surface area contributed by atoms with Crippen molar-refractivity contribution in [3.8, 4) is 0 Å². The largest absolute Gasteiger partial charge is 0.377 e. The number of anilines is 1. The number of carbonyl (C=O) groups is 1. The maximum absolute atomic E-state index is 12.4. The fourth-order valence-electron chi connectivity index (χ4n) is 2.89. The van der Waals surface area contributed by atoms with Gasteiger partial charge in [0, 0.05) is 45.0 Å². The van der Waals surface area contributed by atoms with Crippen molar-refractivity contribution in [2.45, 2.75) is 32.8 Å². The number of nitrogens with one attached hydrogen (secondary N) is 1. The van der Waals surface area contributed by atoms with Gasteiger partial charge in [-0.25, -0.2) is 4.79 Å². The van der Waals surface area contributed by atoms with Gasteiger partial charge in [-0.3, -0.25) is 0 Å². The number of ether oxygens (including phenoxy) is 1. The van der Waals surface area contributed by atoms with Crippen molar-refractivity contribution < 1.29 is 9.53 Å². The lowest BCUT2D eigenvalue weighted by atomic mass is 10.3. The normalized spacial score (nSPS) is 16.8. The van der Waals surface area contributed by atoms with Crippen LogP contribution in [-0.2, 0) is 4.74 Å². The molecule has 128 valence electrons. The van der Waals surface area contributed by atoms with E-state index in [1.165, 1.54) is 5.69 Å². The lowest BCUT2D eigenvalue weighted by molar-refractivity contribution is 0.0606. The van der Waals surface area contributed by atoms with E-state index in [2.05, 4.69) is 41.4 Å². The number of hydrogen-bond acceptors (Lipinski definition) is 3. The van der Waals surface area contributed by atoms with Crippen LogP contribution in [0.1, 0.15) is 26.7 Å². The quantitative estimate of drug-likeness (QED) is 0.877. The van der Waals surface area contributed by atoms with Crippen LogP contribution >= 0.6 is 0 Å². The van der Waals surface area contributed by atoms with Crippen molar-refractivity contribution in [1.29, 1.82) is 0 Å². The molecule has 0 aliphatic carbocycles. The third-order valence-corrected chi connectivity index (χ3v) is 4.24. The Labute approximate surface area is 139 Å². The molecule has 0 saturated carbocycles. The van der Waals surface area contributed by atoms with E-state index in [1.54, 1.807) is 0 Å². The number of rotatable bonds is 6. The summed E-state index contributed by atoms with van der Waals surface area (Å²) >= 11 is 0. The molecular weight excluding hydrogens is 290 g/mol. The molecule has 1 fully saturated rings. The van der Waals surface area contributed by atoms with E-state index in [0.717, 1.165) is 39.0 Å². The van der Waals surface area contributed by atoms with Crippen molar-refractivity contribution in [2.24, 2.45) is 0 Å². The minimum Gasteiger partial charge on any atom is -0.377 e. The Morgan fingerprint density at radius 3 is 2.65 bits per heavy atom. The smallest absolute Gasteiger partial charge is 0.317 e. The summed E-state index contributed by atoms with van der Waals surface area (Å²) in [5, 5.41) is 3.01. The molecule has 5 heteroatoms. The van der Waals surface area contributed by atoms with Gasteiger partial charge in [0.1, 0.15) is 0 Å². The monoisotopic (exact) mass is 319 g/mol. The minimum absolute atomic E-state index is 0.0260. The lowest BCUT2D eigenvalue weighted by Gasteiger charge is -2.24. The third kappa shape index (κ3) is 5.43. The van der Waals surface area contributed by atoms with E-state index in [4.69, 9.17) is 4.74 Å². The third-order valence-electron chi connectivity index (χ3n) is 4.24. The molecule has 2 rings (SSSR count). The molecule has 0 spiro atoms. The summed E-state index contributed by atoms with van der Waals surface area (Å²) < 4.78 is 5.59. The van der Waals surface area contributed by atoms with E-state index in [-0.39, 0.29) is 12.1 Å². The van der Waals surface area contributed by atoms with Crippen LogP contribution in [0, 0.1) is 0 Å². The van der Waals surface area contributed by atoms with E-state index >= 15 is 0 Å². The second kappa shape index (κ2) is 9.40. The maximum atomic E-state index is 12.4. The van der Waals surface area contributed by atoms with Crippen LogP contribution in [0.15, 0.2) is 30.3 Å². The fraction of sp³-hybridized carbons (Fsp3) is 0.611. The van der Waals surface area contributed by atoms with Crippen LogP contribution in [0.2, 0.25) is 0 Å². The van der Waals surface area contributed by atoms with Gasteiger partial charge in [0.25, 0.3) is 0 Å². The highest BCUT2D eigenvalue weighted by atomic mass is 16.5. The number of amides is 2. The van der Waals surface area contributed by atoms with Crippen LogP contribution in [0.4, 0.5) is 10.5 Å². The highest BCUT2D eigenvalue weighted by molar-refractivity contribution is 5.74. The highest BCUT2D eigenvalue weighted by Gasteiger charge is 2.19. The highest BCUT2D eigenvalue weighted by Crippen LogP contribution is 2.15. The number of urea groups is 1. The molecule has 0 aromatic heterocycles. The molecule has 1 N–H and O–H groups in total. The first kappa shape index (κ1) is 17.6. The van der Waals surface area contributed by atoms with Crippen LogP contribution < -0.4 is 10.2 Å².